The highest BCUT2D eigenvalue weighted by Gasteiger charge is 2.32. The summed E-state index contributed by atoms with van der Waals surface area (Å²) in [5.74, 6) is -0.140. The molecule has 0 spiro atoms. The lowest BCUT2D eigenvalue weighted by Crippen LogP contribution is -2.33. The zero-order chi connectivity index (χ0) is 17.3. The summed E-state index contributed by atoms with van der Waals surface area (Å²) in [6, 6.07) is 6.97. The van der Waals surface area contributed by atoms with Crippen molar-refractivity contribution in [3.8, 4) is 0 Å². The van der Waals surface area contributed by atoms with Crippen LogP contribution in [-0.2, 0) is 24.8 Å². The topological polar surface area (TPSA) is 38.1 Å². The quantitative estimate of drug-likeness (QED) is 0.815. The Labute approximate surface area is 142 Å². The van der Waals surface area contributed by atoms with Gasteiger partial charge in [0.05, 0.1) is 5.69 Å². The maximum absolute atomic E-state index is 13.9. The number of halogens is 1. The summed E-state index contributed by atoms with van der Waals surface area (Å²) < 4.78 is 15.8. The third-order valence-corrected chi connectivity index (χ3v) is 4.85. The van der Waals surface area contributed by atoms with Gasteiger partial charge in [-0.2, -0.15) is 5.10 Å². The molecule has 0 aliphatic heterocycles. The molecule has 5 heteroatoms. The molecule has 0 N–H and O–H groups in total. The summed E-state index contributed by atoms with van der Waals surface area (Å²) >= 11 is 0. The molecule has 1 aromatic carbocycles. The first-order chi connectivity index (χ1) is 11.5. The minimum absolute atomic E-state index is 0.100. The van der Waals surface area contributed by atoms with Gasteiger partial charge in [0.15, 0.2) is 0 Å². The SMILES string of the molecule is Cc1nn(C)c(C)c1CCC(=O)N(Cc1ccccc1F)C1CC1. The fraction of sp³-hybridized carbons (Fsp3) is 0.474. The Morgan fingerprint density at radius 3 is 2.62 bits per heavy atom. The lowest BCUT2D eigenvalue weighted by molar-refractivity contribution is -0.132. The molecule has 1 amide bonds. The maximum atomic E-state index is 13.9. The number of rotatable bonds is 6. The summed E-state index contributed by atoms with van der Waals surface area (Å²) in [5.41, 5.74) is 3.82. The molecule has 0 bridgehead atoms. The summed E-state index contributed by atoms with van der Waals surface area (Å²) in [6.45, 7) is 4.36. The third-order valence-electron chi connectivity index (χ3n) is 4.85. The molecular weight excluding hydrogens is 305 g/mol. The minimum Gasteiger partial charge on any atom is -0.335 e. The van der Waals surface area contributed by atoms with Gasteiger partial charge in [-0.05, 0) is 44.7 Å². The average molecular weight is 329 g/mol. The van der Waals surface area contributed by atoms with Crippen LogP contribution in [0.2, 0.25) is 0 Å². The van der Waals surface area contributed by atoms with Crippen molar-refractivity contribution in [3.05, 3.63) is 52.6 Å². The van der Waals surface area contributed by atoms with E-state index >= 15 is 0 Å². The van der Waals surface area contributed by atoms with Gasteiger partial charge in [-0.15, -0.1) is 0 Å². The number of carbonyl (C=O) groups is 1. The molecule has 1 fully saturated rings. The smallest absolute Gasteiger partial charge is 0.223 e. The first kappa shape index (κ1) is 16.7. The summed E-state index contributed by atoms with van der Waals surface area (Å²) in [7, 11) is 1.92. The number of nitrogens with zero attached hydrogens (tertiary/aromatic N) is 3. The zero-order valence-electron chi connectivity index (χ0n) is 14.6. The van der Waals surface area contributed by atoms with Crippen LogP contribution in [-0.4, -0.2) is 26.6 Å². The number of hydrogen-bond acceptors (Lipinski definition) is 2. The summed E-state index contributed by atoms with van der Waals surface area (Å²) in [5, 5.41) is 4.40. The van der Waals surface area contributed by atoms with Crippen molar-refractivity contribution < 1.29 is 9.18 Å². The van der Waals surface area contributed by atoms with Gasteiger partial charge in [0.25, 0.3) is 0 Å². The molecule has 0 unspecified atom stereocenters. The van der Waals surface area contributed by atoms with E-state index in [4.69, 9.17) is 0 Å². The third kappa shape index (κ3) is 3.50. The van der Waals surface area contributed by atoms with Gasteiger partial charge >= 0.3 is 0 Å². The van der Waals surface area contributed by atoms with Crippen LogP contribution in [0.15, 0.2) is 24.3 Å². The van der Waals surface area contributed by atoms with Crippen molar-refractivity contribution in [2.24, 2.45) is 7.05 Å². The molecule has 4 nitrogen and oxygen atoms in total. The van der Waals surface area contributed by atoms with E-state index in [0.29, 0.717) is 24.9 Å². The van der Waals surface area contributed by atoms with Gasteiger partial charge in [-0.1, -0.05) is 18.2 Å². The Hall–Kier alpha value is -2.17. The highest BCUT2D eigenvalue weighted by Crippen LogP contribution is 2.30. The van der Waals surface area contributed by atoms with Gasteiger partial charge in [0.2, 0.25) is 5.91 Å². The van der Waals surface area contributed by atoms with E-state index in [9.17, 15) is 9.18 Å². The highest BCUT2D eigenvalue weighted by molar-refractivity contribution is 5.77. The number of carbonyl (C=O) groups excluding carboxylic acids is 1. The molecule has 1 heterocycles. The molecule has 3 rings (SSSR count). The minimum atomic E-state index is -0.241. The lowest BCUT2D eigenvalue weighted by Gasteiger charge is -2.23. The van der Waals surface area contributed by atoms with Crippen molar-refractivity contribution >= 4 is 5.91 Å². The predicted octanol–water partition coefficient (Wildman–Crippen LogP) is 3.30. The lowest BCUT2D eigenvalue weighted by atomic mass is 10.1. The van der Waals surface area contributed by atoms with E-state index in [1.165, 1.54) is 6.07 Å². The standard InChI is InChI=1S/C19H24FN3O/c1-13-17(14(2)22(3)21-13)10-11-19(24)23(16-8-9-16)12-15-6-4-5-7-18(15)20/h4-7,16H,8-12H2,1-3H3. The monoisotopic (exact) mass is 329 g/mol. The second kappa shape index (κ2) is 6.75. The van der Waals surface area contributed by atoms with Crippen LogP contribution in [0, 0.1) is 19.7 Å². The van der Waals surface area contributed by atoms with Crippen LogP contribution < -0.4 is 0 Å². The van der Waals surface area contributed by atoms with Gasteiger partial charge in [-0.25, -0.2) is 4.39 Å². The number of hydrogen-bond donors (Lipinski definition) is 0. The molecule has 1 saturated carbocycles. The van der Waals surface area contributed by atoms with Crippen LogP contribution in [0.3, 0.4) is 0 Å². The second-order valence-electron chi connectivity index (χ2n) is 6.62. The number of benzene rings is 1. The maximum Gasteiger partial charge on any atom is 0.223 e. The molecule has 1 aliphatic rings. The van der Waals surface area contributed by atoms with Crippen molar-refractivity contribution in [2.75, 3.05) is 0 Å². The molecular formula is C19H24FN3O. The first-order valence-electron chi connectivity index (χ1n) is 8.49. The zero-order valence-corrected chi connectivity index (χ0v) is 14.6. The number of amides is 1. The Kier molecular flexibility index (Phi) is 4.69. The molecule has 2 aromatic rings. The molecule has 0 saturated heterocycles. The van der Waals surface area contributed by atoms with Gasteiger partial charge in [0.1, 0.15) is 5.82 Å². The molecule has 128 valence electrons. The molecule has 0 atom stereocenters. The predicted molar refractivity (Wildman–Crippen MR) is 91.0 cm³/mol. The Morgan fingerprint density at radius 1 is 1.33 bits per heavy atom. The normalized spacial score (nSPS) is 14.0. The summed E-state index contributed by atoms with van der Waals surface area (Å²) in [6.07, 6.45) is 3.17. The van der Waals surface area contributed by atoms with Crippen LogP contribution in [0.1, 0.15) is 41.8 Å². The Balaban J connectivity index is 1.68. The fourth-order valence-electron chi connectivity index (χ4n) is 3.17. The van der Waals surface area contributed by atoms with Gasteiger partial charge < -0.3 is 4.90 Å². The molecule has 0 radical (unpaired) electrons. The van der Waals surface area contributed by atoms with E-state index in [1.54, 1.807) is 12.1 Å². The van der Waals surface area contributed by atoms with Crippen molar-refractivity contribution in [2.45, 2.75) is 52.1 Å². The Bertz CT molecular complexity index is 749. The molecule has 1 aromatic heterocycles. The number of aromatic nitrogens is 2. The Morgan fingerprint density at radius 2 is 2.04 bits per heavy atom. The fourth-order valence-corrected chi connectivity index (χ4v) is 3.17. The van der Waals surface area contributed by atoms with Gasteiger partial charge in [0, 0.05) is 37.3 Å². The van der Waals surface area contributed by atoms with Crippen molar-refractivity contribution in [1.82, 2.24) is 14.7 Å². The van der Waals surface area contributed by atoms with Crippen LogP contribution >= 0.6 is 0 Å². The van der Waals surface area contributed by atoms with Crippen LogP contribution in [0.4, 0.5) is 4.39 Å². The molecule has 24 heavy (non-hydrogen) atoms. The average Bonchev–Trinajstić information content (AvgIpc) is 3.34. The summed E-state index contributed by atoms with van der Waals surface area (Å²) in [4.78, 5) is 14.6. The largest absolute Gasteiger partial charge is 0.335 e. The van der Waals surface area contributed by atoms with Crippen molar-refractivity contribution in [3.63, 3.8) is 0 Å². The van der Waals surface area contributed by atoms with Crippen molar-refractivity contribution in [1.29, 1.82) is 0 Å². The van der Waals surface area contributed by atoms with E-state index in [0.717, 1.165) is 29.8 Å². The molecule has 1 aliphatic carbocycles. The highest BCUT2D eigenvalue weighted by atomic mass is 19.1. The van der Waals surface area contributed by atoms with Crippen LogP contribution in [0.25, 0.3) is 0 Å². The van der Waals surface area contributed by atoms with Gasteiger partial charge in [-0.3, -0.25) is 9.48 Å². The van der Waals surface area contributed by atoms with E-state index < -0.39 is 0 Å². The second-order valence-corrected chi connectivity index (χ2v) is 6.62. The van der Waals surface area contributed by atoms with E-state index in [1.807, 2.05) is 36.5 Å². The number of aryl methyl sites for hydroxylation is 2. The van der Waals surface area contributed by atoms with E-state index in [-0.39, 0.29) is 17.8 Å². The first-order valence-corrected chi connectivity index (χ1v) is 8.49. The van der Waals surface area contributed by atoms with E-state index in [2.05, 4.69) is 5.10 Å². The van der Waals surface area contributed by atoms with Crippen LogP contribution in [0.5, 0.6) is 0 Å².